The molecule has 0 spiro atoms. The standard InChI is InChI=1S/C45H40N10O14S6.2O3S/c1-23-8-5-9-35-39(23)47-43-30(22-46)26(4)40(44(56)55(35)43)53-51-33-16-24(2)31(20-36(33)69-12-6-14-72(57,58)59)49-52-34-17-25(3)32(21-37(34)70-13-7-15-73(60,61)62)50-54-45-48-41-38(75(66,67)68)18-27-10-11-28(74(63,64)65)19-29(27)42(41)71-45;2*1-4(2)3/h5,8-11,16-21,56H,6-7,12-15H2,1-4H3,(H,57,58,59)(H,60,61,62)(H,63,64,65)(H,66,67,68);;. The van der Waals surface area contributed by atoms with Crippen LogP contribution >= 0.6 is 23.1 Å². The molecule has 0 unspecified atom stereocenters. The van der Waals surface area contributed by atoms with Gasteiger partial charge in [-0.2, -0.15) is 44.0 Å². The molecule has 0 aliphatic heterocycles. The van der Waals surface area contributed by atoms with E-state index >= 15 is 0 Å². The zero-order chi connectivity index (χ0) is 61.5. The fraction of sp³-hybridized carbons (Fsp3) is 0.222. The third-order valence-electron chi connectivity index (χ3n) is 11.3. The number of hydrogen-bond donors (Lipinski definition) is 5. The van der Waals surface area contributed by atoms with E-state index in [1.165, 1.54) is 16.5 Å². The molecule has 3 aromatic heterocycles. The van der Waals surface area contributed by atoms with Crippen molar-refractivity contribution in [1.29, 1.82) is 5.26 Å². The topological polar surface area (TPSA) is 477 Å². The van der Waals surface area contributed by atoms with Crippen molar-refractivity contribution in [1.82, 2.24) is 14.4 Å². The Labute approximate surface area is 481 Å². The van der Waals surface area contributed by atoms with E-state index in [0.29, 0.717) is 27.1 Å². The van der Waals surface area contributed by atoms with Gasteiger partial charge >= 0.3 is 21.2 Å². The minimum atomic E-state index is -4.86. The molecule has 0 aliphatic carbocycles. The lowest BCUT2D eigenvalue weighted by atomic mass is 10.1. The first-order valence-corrected chi connectivity index (χ1v) is 32.7. The molecule has 0 fully saturated rings. The molecule has 8 rings (SSSR count). The van der Waals surface area contributed by atoms with Crippen molar-refractivity contribution in [3.05, 3.63) is 94.5 Å². The molecular weight excluding hydrogens is 1260 g/mol. The number of aromatic hydroxyl groups is 1. The lowest BCUT2D eigenvalue weighted by Gasteiger charge is -2.12. The number of fused-ring (bicyclic) bond motifs is 6. The molecule has 0 saturated carbocycles. The van der Waals surface area contributed by atoms with Gasteiger partial charge in [-0.25, -0.2) is 9.97 Å². The summed E-state index contributed by atoms with van der Waals surface area (Å²) in [5.74, 6) is -1.30. The second kappa shape index (κ2) is 26.3. The molecule has 83 heavy (non-hydrogen) atoms. The van der Waals surface area contributed by atoms with E-state index in [0.717, 1.165) is 46.9 Å². The number of aromatic nitrogens is 3. The van der Waals surface area contributed by atoms with Gasteiger partial charge in [0.25, 0.3) is 40.5 Å². The summed E-state index contributed by atoms with van der Waals surface area (Å²) in [7, 11) is -24.4. The first-order valence-electron chi connectivity index (χ1n) is 22.8. The van der Waals surface area contributed by atoms with E-state index < -0.39 is 83.0 Å². The van der Waals surface area contributed by atoms with Crippen LogP contribution < -0.4 is 4.74 Å². The number of pyridine rings is 1. The van der Waals surface area contributed by atoms with Gasteiger partial charge in [-0.1, -0.05) is 29.5 Å². The van der Waals surface area contributed by atoms with Crippen LogP contribution in [0.5, 0.6) is 11.6 Å². The number of thiazole rings is 1. The largest absolute Gasteiger partial charge is 0.493 e. The van der Waals surface area contributed by atoms with Crippen molar-refractivity contribution in [3.63, 3.8) is 0 Å². The summed E-state index contributed by atoms with van der Waals surface area (Å²) in [6.45, 7) is 6.55. The SMILES string of the molecule is Cc1cc(N=Nc2cc(OCCCS(=O)(=O)O)c(N=Nc3c(C)c(C#N)c4nc5c(C)cccc5n4c3O)cc2C)c(SCCCS(=O)(=O)O)cc1N=Nc1nc2c(S(=O)(=O)O)cc3ccc(S(=O)(=O)O)cc3c2s1.O=S(=O)=O.O=S(=O)=O. The molecular formula is C45H40N10O20S8. The molecule has 0 saturated heterocycles. The molecule has 0 atom stereocenters. The maximum atomic E-state index is 12.4. The van der Waals surface area contributed by atoms with Crippen molar-refractivity contribution in [2.45, 2.75) is 55.2 Å². The average Bonchev–Trinajstić information content (AvgIpc) is 3.53. The summed E-state index contributed by atoms with van der Waals surface area (Å²) >= 11 is 1.96. The molecule has 38 heteroatoms. The number of rotatable bonds is 18. The summed E-state index contributed by atoms with van der Waals surface area (Å²) in [4.78, 5) is 8.24. The minimum Gasteiger partial charge on any atom is -0.493 e. The summed E-state index contributed by atoms with van der Waals surface area (Å²) in [6.07, 6.45) is -0.106. The lowest BCUT2D eigenvalue weighted by molar-refractivity contribution is 0.317. The smallest absolute Gasteiger partial charge is 0.425 e. The Morgan fingerprint density at radius 1 is 0.675 bits per heavy atom. The number of aryl methyl sites for hydroxylation is 3. The number of hydrogen-bond acceptors (Lipinski definition) is 27. The average molecular weight is 1300 g/mol. The van der Waals surface area contributed by atoms with Gasteiger partial charge in [0.2, 0.25) is 11.0 Å². The maximum absolute atomic E-state index is 12.4. The van der Waals surface area contributed by atoms with Gasteiger partial charge in [0, 0.05) is 21.9 Å². The van der Waals surface area contributed by atoms with Crippen molar-refractivity contribution in [3.8, 4) is 17.7 Å². The summed E-state index contributed by atoms with van der Waals surface area (Å²) in [6, 6.07) is 18.2. The number of imidazole rings is 1. The third-order valence-corrected chi connectivity index (χ3v) is 16.7. The van der Waals surface area contributed by atoms with E-state index in [1.807, 2.05) is 13.0 Å². The maximum Gasteiger partial charge on any atom is 0.425 e. The molecule has 3 heterocycles. The Morgan fingerprint density at radius 3 is 1.88 bits per heavy atom. The monoisotopic (exact) mass is 1300 g/mol. The third kappa shape index (κ3) is 16.8. The van der Waals surface area contributed by atoms with Crippen molar-refractivity contribution in [2.24, 2.45) is 30.7 Å². The second-order valence-corrected chi connectivity index (χ2v) is 26.0. The number of nitriles is 1. The quantitative estimate of drug-likeness (QED) is 0.0232. The Hall–Kier alpha value is -7.68. The summed E-state index contributed by atoms with van der Waals surface area (Å²) < 4.78 is 192. The van der Waals surface area contributed by atoms with Crippen LogP contribution in [0.1, 0.15) is 40.7 Å². The predicted octanol–water partition coefficient (Wildman–Crippen LogP) is 8.82. The first kappa shape index (κ1) is 64.5. The van der Waals surface area contributed by atoms with Crippen LogP contribution in [-0.2, 0) is 61.7 Å². The molecule has 438 valence electrons. The molecule has 8 aromatic rings. The van der Waals surface area contributed by atoms with Gasteiger partial charge in [0.05, 0.1) is 55.8 Å². The van der Waals surface area contributed by atoms with Crippen LogP contribution in [-0.4, -0.2) is 120 Å². The van der Waals surface area contributed by atoms with Gasteiger partial charge in [0.1, 0.15) is 33.5 Å². The van der Waals surface area contributed by atoms with E-state index in [4.69, 9.17) is 30.0 Å². The number of nitrogens with zero attached hydrogens (tertiary/aromatic N) is 10. The molecule has 5 N–H and O–H groups in total. The number of ether oxygens (including phenoxy) is 1. The molecule has 5 aromatic carbocycles. The highest BCUT2D eigenvalue weighted by Crippen LogP contribution is 2.44. The Morgan fingerprint density at radius 2 is 1.27 bits per heavy atom. The Kier molecular flexibility index (Phi) is 20.4. The fourth-order valence-corrected chi connectivity index (χ4v) is 11.9. The fourth-order valence-electron chi connectivity index (χ4n) is 7.64. The van der Waals surface area contributed by atoms with Crippen LogP contribution in [0.2, 0.25) is 0 Å². The second-order valence-electron chi connectivity index (χ2n) is 17.1. The van der Waals surface area contributed by atoms with Crippen LogP contribution in [0.25, 0.3) is 37.7 Å². The number of para-hydroxylation sites is 1. The zero-order valence-electron chi connectivity index (χ0n) is 42.7. The van der Waals surface area contributed by atoms with Crippen LogP contribution in [0.15, 0.2) is 112 Å². The zero-order valence-corrected chi connectivity index (χ0v) is 49.2. The summed E-state index contributed by atoms with van der Waals surface area (Å²) in [5.41, 5.74) is 4.05. The normalized spacial score (nSPS) is 12.3. The molecule has 0 aliphatic rings. The van der Waals surface area contributed by atoms with Crippen molar-refractivity contribution < 1.29 is 87.0 Å². The highest BCUT2D eigenvalue weighted by atomic mass is 32.2. The van der Waals surface area contributed by atoms with Gasteiger partial charge < -0.3 is 9.84 Å². The summed E-state index contributed by atoms with van der Waals surface area (Å²) in [5, 5.41) is 48.4. The first-order chi connectivity index (χ1) is 38.7. The molecule has 30 nitrogen and oxygen atoms in total. The van der Waals surface area contributed by atoms with Crippen LogP contribution in [0.4, 0.5) is 33.6 Å². The number of azo groups is 3. The Balaban J connectivity index is 0.00000130. The Bertz CT molecular complexity index is 4760. The predicted molar refractivity (Wildman–Crippen MR) is 298 cm³/mol. The van der Waals surface area contributed by atoms with Gasteiger partial charge in [-0.15, -0.1) is 62.6 Å². The van der Waals surface area contributed by atoms with Crippen LogP contribution in [0, 0.1) is 39.0 Å². The highest BCUT2D eigenvalue weighted by Gasteiger charge is 2.24. The van der Waals surface area contributed by atoms with Crippen molar-refractivity contribution >= 4 is 156 Å². The van der Waals surface area contributed by atoms with Gasteiger partial charge in [0.15, 0.2) is 11.3 Å². The van der Waals surface area contributed by atoms with E-state index in [1.54, 1.807) is 51.1 Å². The highest BCUT2D eigenvalue weighted by molar-refractivity contribution is 7.99. The lowest BCUT2D eigenvalue weighted by Crippen LogP contribution is -2.08. The van der Waals surface area contributed by atoms with E-state index in [2.05, 4.69) is 46.7 Å². The molecule has 0 bridgehead atoms. The van der Waals surface area contributed by atoms with E-state index in [9.17, 15) is 62.3 Å². The number of thioether (sulfide) groups is 1. The molecule has 0 radical (unpaired) electrons. The minimum absolute atomic E-state index is 0.0227. The van der Waals surface area contributed by atoms with E-state index in [-0.39, 0.29) is 108 Å². The van der Waals surface area contributed by atoms with Gasteiger partial charge in [-0.05, 0) is 111 Å². The van der Waals surface area contributed by atoms with Crippen LogP contribution in [0.3, 0.4) is 0 Å². The van der Waals surface area contributed by atoms with Crippen molar-refractivity contribution in [2.75, 3.05) is 23.9 Å². The molecule has 0 amide bonds. The number of benzene rings is 5. The van der Waals surface area contributed by atoms with Gasteiger partial charge in [-0.3, -0.25) is 22.6 Å².